The fraction of sp³-hybridized carbons (Fsp3) is 0.0938. The Morgan fingerprint density at radius 3 is 2.34 bits per heavy atom. The van der Waals surface area contributed by atoms with Crippen molar-refractivity contribution in [2.24, 2.45) is 0 Å². The molecule has 35 heavy (non-hydrogen) atoms. The zero-order chi connectivity index (χ0) is 23.6. The van der Waals surface area contributed by atoms with Gasteiger partial charge < -0.3 is 4.90 Å². The third-order valence-corrected chi connectivity index (χ3v) is 8.46. The second kappa shape index (κ2) is 7.59. The largest absolute Gasteiger partial charge is 0.308 e. The smallest absolute Gasteiger partial charge is 0.0702 e. The van der Waals surface area contributed by atoms with Gasteiger partial charge >= 0.3 is 0 Å². The molecule has 4 aromatic carbocycles. The van der Waals surface area contributed by atoms with Crippen LogP contribution < -0.4 is 4.90 Å². The Kier molecular flexibility index (Phi) is 4.46. The van der Waals surface area contributed by atoms with Crippen LogP contribution in [0.3, 0.4) is 0 Å². The van der Waals surface area contributed by atoms with Gasteiger partial charge in [-0.3, -0.25) is 4.98 Å². The zero-order valence-corrected chi connectivity index (χ0v) is 20.5. The molecule has 0 fully saturated rings. The molecule has 0 saturated carbocycles. The van der Waals surface area contributed by atoms with E-state index in [1.165, 1.54) is 49.1 Å². The van der Waals surface area contributed by atoms with Gasteiger partial charge in [0.2, 0.25) is 0 Å². The van der Waals surface area contributed by atoms with Crippen molar-refractivity contribution in [3.63, 3.8) is 0 Å². The van der Waals surface area contributed by atoms with Gasteiger partial charge in [0.15, 0.2) is 0 Å². The molecule has 0 unspecified atom stereocenters. The van der Waals surface area contributed by atoms with Crippen LogP contribution in [0, 0.1) is 0 Å². The van der Waals surface area contributed by atoms with Gasteiger partial charge in [-0.05, 0) is 64.7 Å². The molecule has 0 saturated heterocycles. The molecule has 0 radical (unpaired) electrons. The highest BCUT2D eigenvalue weighted by Gasteiger charge is 2.40. The van der Waals surface area contributed by atoms with Crippen molar-refractivity contribution in [3.05, 3.63) is 120 Å². The van der Waals surface area contributed by atoms with Crippen LogP contribution in [0.25, 0.3) is 22.4 Å². The Morgan fingerprint density at radius 2 is 1.51 bits per heavy atom. The number of para-hydroxylation sites is 1. The van der Waals surface area contributed by atoms with Crippen LogP contribution in [0.5, 0.6) is 0 Å². The van der Waals surface area contributed by atoms with E-state index in [4.69, 9.17) is 0 Å². The molecule has 1 aliphatic carbocycles. The summed E-state index contributed by atoms with van der Waals surface area (Å²) in [6.07, 6.45) is 1.86. The maximum Gasteiger partial charge on any atom is 0.0702 e. The highest BCUT2D eigenvalue weighted by molar-refractivity contribution is 7.99. The summed E-state index contributed by atoms with van der Waals surface area (Å²) in [5, 5.41) is 0. The van der Waals surface area contributed by atoms with E-state index >= 15 is 0 Å². The Hall–Kier alpha value is -3.82. The maximum atomic E-state index is 4.60. The molecule has 2 aliphatic rings. The second-order valence-corrected chi connectivity index (χ2v) is 10.7. The van der Waals surface area contributed by atoms with E-state index in [-0.39, 0.29) is 5.41 Å². The third kappa shape index (κ3) is 3.01. The summed E-state index contributed by atoms with van der Waals surface area (Å²) in [6, 6.07) is 37.0. The van der Waals surface area contributed by atoms with E-state index < -0.39 is 0 Å². The van der Waals surface area contributed by atoms with Crippen molar-refractivity contribution < 1.29 is 0 Å². The lowest BCUT2D eigenvalue weighted by atomic mass is 9.82. The van der Waals surface area contributed by atoms with Crippen LogP contribution >= 0.6 is 11.8 Å². The van der Waals surface area contributed by atoms with Crippen LogP contribution in [-0.2, 0) is 5.41 Å². The van der Waals surface area contributed by atoms with Crippen molar-refractivity contribution in [2.75, 3.05) is 4.90 Å². The zero-order valence-electron chi connectivity index (χ0n) is 19.7. The highest BCUT2D eigenvalue weighted by Crippen LogP contribution is 2.60. The maximum absolute atomic E-state index is 4.60. The first kappa shape index (κ1) is 20.5. The molecule has 2 nitrogen and oxygen atoms in total. The molecule has 3 heteroatoms. The molecule has 1 aromatic heterocycles. The standard InChI is InChI=1S/C32H24N2S/c1-32(2)25-13-7-6-12-23(25)24-16-17-27-31(30(24)32)35-29-18-15-21(26-14-8-9-19-33-26)20-28(29)34(27)22-10-4-3-5-11-22/h3-20H,1-2H3. The average Bonchev–Trinajstić information content (AvgIpc) is 3.15. The van der Waals surface area contributed by atoms with Crippen molar-refractivity contribution in [3.8, 4) is 22.4 Å². The van der Waals surface area contributed by atoms with Gasteiger partial charge in [0.05, 0.1) is 17.1 Å². The van der Waals surface area contributed by atoms with Gasteiger partial charge in [-0.25, -0.2) is 0 Å². The quantitative estimate of drug-likeness (QED) is 0.252. The lowest BCUT2D eigenvalue weighted by Gasteiger charge is -2.36. The first-order valence-electron chi connectivity index (χ1n) is 12.0. The van der Waals surface area contributed by atoms with Crippen LogP contribution in [0.2, 0.25) is 0 Å². The van der Waals surface area contributed by atoms with Crippen LogP contribution in [0.1, 0.15) is 25.0 Å². The minimum absolute atomic E-state index is 0.0575. The Labute approximate surface area is 210 Å². The lowest BCUT2D eigenvalue weighted by Crippen LogP contribution is -2.20. The van der Waals surface area contributed by atoms with Gasteiger partial charge in [0.25, 0.3) is 0 Å². The summed E-state index contributed by atoms with van der Waals surface area (Å²) in [6.45, 7) is 4.73. The normalized spacial score (nSPS) is 14.6. The van der Waals surface area contributed by atoms with E-state index in [1.807, 2.05) is 30.1 Å². The summed E-state index contributed by atoms with van der Waals surface area (Å²) in [7, 11) is 0. The Balaban J connectivity index is 1.48. The number of nitrogens with zero attached hydrogens (tertiary/aromatic N) is 2. The van der Waals surface area contributed by atoms with Gasteiger partial charge in [-0.15, -0.1) is 0 Å². The van der Waals surface area contributed by atoms with E-state index in [1.54, 1.807) is 0 Å². The summed E-state index contributed by atoms with van der Waals surface area (Å²) >= 11 is 1.90. The number of hydrogen-bond acceptors (Lipinski definition) is 3. The van der Waals surface area contributed by atoms with Crippen LogP contribution in [0.15, 0.2) is 119 Å². The molecule has 0 atom stereocenters. The SMILES string of the molecule is CC1(C)c2ccccc2-c2ccc3c(c21)Sc1ccc(-c2ccccn2)cc1N3c1ccccc1. The van der Waals surface area contributed by atoms with Crippen molar-refractivity contribution in [2.45, 2.75) is 29.1 Å². The molecule has 0 bridgehead atoms. The number of benzene rings is 4. The average molecular weight is 469 g/mol. The predicted molar refractivity (Wildman–Crippen MR) is 146 cm³/mol. The first-order chi connectivity index (χ1) is 17.1. The van der Waals surface area contributed by atoms with E-state index in [0.29, 0.717) is 0 Å². The predicted octanol–water partition coefficient (Wildman–Crippen LogP) is 8.99. The topological polar surface area (TPSA) is 16.1 Å². The van der Waals surface area contributed by atoms with E-state index in [0.717, 1.165) is 11.3 Å². The molecule has 0 spiro atoms. The van der Waals surface area contributed by atoms with Crippen molar-refractivity contribution in [1.29, 1.82) is 0 Å². The molecular weight excluding hydrogens is 444 g/mol. The first-order valence-corrected chi connectivity index (χ1v) is 12.8. The van der Waals surface area contributed by atoms with Crippen molar-refractivity contribution in [1.82, 2.24) is 4.98 Å². The second-order valence-electron chi connectivity index (χ2n) is 9.68. The number of anilines is 3. The summed E-state index contributed by atoms with van der Waals surface area (Å²) < 4.78 is 0. The Bertz CT molecular complexity index is 1590. The molecule has 0 N–H and O–H groups in total. The highest BCUT2D eigenvalue weighted by atomic mass is 32.2. The molecule has 5 aromatic rings. The minimum atomic E-state index is -0.0575. The Morgan fingerprint density at radius 1 is 0.714 bits per heavy atom. The van der Waals surface area contributed by atoms with E-state index in [9.17, 15) is 0 Å². The minimum Gasteiger partial charge on any atom is -0.308 e. The number of pyridine rings is 1. The van der Waals surface area contributed by atoms with Gasteiger partial charge in [-0.2, -0.15) is 0 Å². The molecule has 1 aliphatic heterocycles. The van der Waals surface area contributed by atoms with Crippen LogP contribution in [-0.4, -0.2) is 4.98 Å². The van der Waals surface area contributed by atoms with Crippen LogP contribution in [0.4, 0.5) is 17.1 Å². The van der Waals surface area contributed by atoms with E-state index in [2.05, 4.69) is 115 Å². The molecule has 7 rings (SSSR count). The van der Waals surface area contributed by atoms with Gasteiger partial charge in [-0.1, -0.05) is 86.3 Å². The molecule has 0 amide bonds. The fourth-order valence-electron chi connectivity index (χ4n) is 5.66. The summed E-state index contributed by atoms with van der Waals surface area (Å²) in [5.41, 5.74) is 11.2. The van der Waals surface area contributed by atoms with Gasteiger partial charge in [0.1, 0.15) is 0 Å². The molecular formula is C32H24N2S. The number of hydrogen-bond donors (Lipinski definition) is 0. The molecule has 168 valence electrons. The van der Waals surface area contributed by atoms with Crippen molar-refractivity contribution >= 4 is 28.8 Å². The third-order valence-electron chi connectivity index (χ3n) is 7.28. The monoisotopic (exact) mass is 468 g/mol. The fourth-order valence-corrected chi connectivity index (χ4v) is 7.00. The summed E-state index contributed by atoms with van der Waals surface area (Å²) in [5.74, 6) is 0. The molecule has 2 heterocycles. The number of aromatic nitrogens is 1. The number of fused-ring (bicyclic) bond motifs is 6. The lowest BCUT2D eigenvalue weighted by molar-refractivity contribution is 0.647. The van der Waals surface area contributed by atoms with Gasteiger partial charge in [0, 0.05) is 32.7 Å². The number of rotatable bonds is 2. The summed E-state index contributed by atoms with van der Waals surface area (Å²) in [4.78, 5) is 9.64.